The number of nitrogens with two attached hydrogens (primary N) is 1. The number of hydrogen-bond donors (Lipinski definition) is 3. The van der Waals surface area contributed by atoms with Crippen LogP contribution in [0.5, 0.6) is 11.6 Å². The SMILES string of the molecule is Cc1cc(CNC(=O)OC(C)(C)C)cc(Oc2cccc(C(=O)NCCN)c2)n1. The van der Waals surface area contributed by atoms with Crippen molar-refractivity contribution in [1.29, 1.82) is 0 Å². The van der Waals surface area contributed by atoms with Crippen LogP contribution in [0.25, 0.3) is 0 Å². The van der Waals surface area contributed by atoms with Crippen LogP contribution in [0, 0.1) is 6.92 Å². The molecule has 2 amide bonds. The van der Waals surface area contributed by atoms with Gasteiger partial charge in [-0.05, 0) is 57.5 Å². The fraction of sp³-hybridized carbons (Fsp3) is 0.381. The Morgan fingerprint density at radius 2 is 1.90 bits per heavy atom. The summed E-state index contributed by atoms with van der Waals surface area (Å²) < 4.78 is 11.1. The fourth-order valence-corrected chi connectivity index (χ4v) is 2.46. The number of aryl methyl sites for hydroxylation is 1. The maximum absolute atomic E-state index is 12.1. The molecule has 29 heavy (non-hydrogen) atoms. The van der Waals surface area contributed by atoms with Gasteiger partial charge in [0.25, 0.3) is 5.91 Å². The lowest BCUT2D eigenvalue weighted by atomic mass is 10.2. The second-order valence-electron chi connectivity index (χ2n) is 7.48. The number of nitrogens with zero attached hydrogens (tertiary/aromatic N) is 1. The summed E-state index contributed by atoms with van der Waals surface area (Å²) in [4.78, 5) is 28.3. The lowest BCUT2D eigenvalue weighted by molar-refractivity contribution is 0.0523. The molecule has 0 atom stereocenters. The first-order valence-corrected chi connectivity index (χ1v) is 9.37. The lowest BCUT2D eigenvalue weighted by Crippen LogP contribution is -2.32. The van der Waals surface area contributed by atoms with Crippen molar-refractivity contribution in [2.75, 3.05) is 13.1 Å². The van der Waals surface area contributed by atoms with E-state index in [0.29, 0.717) is 30.3 Å². The molecule has 0 saturated carbocycles. The summed E-state index contributed by atoms with van der Waals surface area (Å²) in [6.45, 7) is 8.29. The monoisotopic (exact) mass is 400 g/mol. The standard InChI is InChI=1S/C21H28N4O4/c1-14-10-15(13-24-20(27)29-21(2,3)4)11-18(25-14)28-17-7-5-6-16(12-17)19(26)23-9-8-22/h5-7,10-12H,8-9,13,22H2,1-4H3,(H,23,26)(H,24,27). The molecule has 1 aromatic carbocycles. The average Bonchev–Trinajstić information content (AvgIpc) is 2.63. The summed E-state index contributed by atoms with van der Waals surface area (Å²) in [5.74, 6) is 0.625. The van der Waals surface area contributed by atoms with Crippen LogP contribution in [-0.2, 0) is 11.3 Å². The number of pyridine rings is 1. The zero-order valence-electron chi connectivity index (χ0n) is 17.2. The van der Waals surface area contributed by atoms with E-state index >= 15 is 0 Å². The Balaban J connectivity index is 2.06. The molecule has 0 saturated heterocycles. The molecule has 0 fully saturated rings. The van der Waals surface area contributed by atoms with Crippen LogP contribution in [0.3, 0.4) is 0 Å². The van der Waals surface area contributed by atoms with E-state index in [1.807, 2.05) is 13.0 Å². The number of amides is 2. The Bertz CT molecular complexity index is 862. The van der Waals surface area contributed by atoms with Gasteiger partial charge in [-0.1, -0.05) is 6.07 Å². The van der Waals surface area contributed by atoms with Crippen LogP contribution in [0.2, 0.25) is 0 Å². The van der Waals surface area contributed by atoms with Crippen LogP contribution in [0.15, 0.2) is 36.4 Å². The number of hydrogen-bond acceptors (Lipinski definition) is 6. The molecule has 0 aliphatic carbocycles. The van der Waals surface area contributed by atoms with Gasteiger partial charge in [0.2, 0.25) is 5.88 Å². The highest BCUT2D eigenvalue weighted by Gasteiger charge is 2.16. The van der Waals surface area contributed by atoms with Crippen molar-refractivity contribution in [2.24, 2.45) is 5.73 Å². The van der Waals surface area contributed by atoms with Crippen molar-refractivity contribution in [3.8, 4) is 11.6 Å². The second kappa shape index (κ2) is 9.88. The van der Waals surface area contributed by atoms with Gasteiger partial charge in [0.15, 0.2) is 0 Å². The molecule has 8 nitrogen and oxygen atoms in total. The van der Waals surface area contributed by atoms with Crippen molar-refractivity contribution in [2.45, 2.75) is 39.8 Å². The number of ether oxygens (including phenoxy) is 2. The first kappa shape index (κ1) is 22.2. The Kier molecular flexibility index (Phi) is 7.55. The second-order valence-corrected chi connectivity index (χ2v) is 7.48. The van der Waals surface area contributed by atoms with Gasteiger partial charge in [-0.3, -0.25) is 4.79 Å². The maximum Gasteiger partial charge on any atom is 0.407 e. The quantitative estimate of drug-likeness (QED) is 0.658. The summed E-state index contributed by atoms with van der Waals surface area (Å²) in [6, 6.07) is 10.4. The molecule has 0 unspecified atom stereocenters. The molecule has 1 heterocycles. The summed E-state index contributed by atoms with van der Waals surface area (Å²) in [7, 11) is 0. The van der Waals surface area contributed by atoms with Crippen LogP contribution >= 0.6 is 0 Å². The molecule has 2 rings (SSSR count). The molecule has 0 radical (unpaired) electrons. The van der Waals surface area contributed by atoms with Crippen molar-refractivity contribution in [3.05, 3.63) is 53.2 Å². The van der Waals surface area contributed by atoms with Crippen molar-refractivity contribution in [1.82, 2.24) is 15.6 Å². The van der Waals surface area contributed by atoms with Crippen LogP contribution in [0.1, 0.15) is 42.4 Å². The summed E-state index contributed by atoms with van der Waals surface area (Å²) in [5.41, 5.74) is 6.86. The Morgan fingerprint density at radius 1 is 1.14 bits per heavy atom. The maximum atomic E-state index is 12.1. The molecule has 0 bridgehead atoms. The highest BCUT2D eigenvalue weighted by molar-refractivity contribution is 5.94. The van der Waals surface area contributed by atoms with E-state index < -0.39 is 11.7 Å². The third-order valence-electron chi connectivity index (χ3n) is 3.57. The van der Waals surface area contributed by atoms with E-state index in [0.717, 1.165) is 11.3 Å². The molecular weight excluding hydrogens is 372 g/mol. The molecule has 0 spiro atoms. The largest absolute Gasteiger partial charge is 0.444 e. The predicted molar refractivity (Wildman–Crippen MR) is 110 cm³/mol. The minimum Gasteiger partial charge on any atom is -0.444 e. The van der Waals surface area contributed by atoms with Crippen LogP contribution in [0.4, 0.5) is 4.79 Å². The Hall–Kier alpha value is -3.13. The third kappa shape index (κ3) is 7.79. The van der Waals surface area contributed by atoms with Gasteiger partial charge < -0.3 is 25.8 Å². The van der Waals surface area contributed by atoms with E-state index in [-0.39, 0.29) is 12.5 Å². The number of carbonyl (C=O) groups is 2. The van der Waals surface area contributed by atoms with Gasteiger partial charge in [-0.15, -0.1) is 0 Å². The zero-order valence-corrected chi connectivity index (χ0v) is 17.2. The van der Waals surface area contributed by atoms with Crippen molar-refractivity contribution >= 4 is 12.0 Å². The van der Waals surface area contributed by atoms with Crippen LogP contribution < -0.4 is 21.1 Å². The first-order valence-electron chi connectivity index (χ1n) is 9.37. The molecule has 0 aliphatic rings. The number of carbonyl (C=O) groups excluding carboxylic acids is 2. The van der Waals surface area contributed by atoms with Gasteiger partial charge in [0.05, 0.1) is 0 Å². The molecule has 1 aromatic heterocycles. The first-order chi connectivity index (χ1) is 13.7. The lowest BCUT2D eigenvalue weighted by Gasteiger charge is -2.19. The van der Waals surface area contributed by atoms with E-state index in [9.17, 15) is 9.59 Å². The number of alkyl carbamates (subject to hydrolysis) is 1. The number of benzene rings is 1. The fourth-order valence-electron chi connectivity index (χ4n) is 2.46. The zero-order chi connectivity index (χ0) is 21.4. The van der Waals surface area contributed by atoms with E-state index in [2.05, 4.69) is 15.6 Å². The molecule has 0 aliphatic heterocycles. The normalized spacial score (nSPS) is 10.9. The Morgan fingerprint density at radius 3 is 2.59 bits per heavy atom. The molecular formula is C21H28N4O4. The smallest absolute Gasteiger partial charge is 0.407 e. The molecule has 2 aromatic rings. The molecule has 156 valence electrons. The summed E-state index contributed by atoms with van der Waals surface area (Å²) >= 11 is 0. The number of aromatic nitrogens is 1. The number of rotatable bonds is 7. The van der Waals surface area contributed by atoms with Gasteiger partial charge in [0.1, 0.15) is 11.4 Å². The topological polar surface area (TPSA) is 116 Å². The molecule has 4 N–H and O–H groups in total. The minimum atomic E-state index is -0.562. The minimum absolute atomic E-state index is 0.222. The highest BCUT2D eigenvalue weighted by Crippen LogP contribution is 2.22. The van der Waals surface area contributed by atoms with Gasteiger partial charge in [-0.2, -0.15) is 0 Å². The third-order valence-corrected chi connectivity index (χ3v) is 3.57. The van der Waals surface area contributed by atoms with E-state index in [4.69, 9.17) is 15.2 Å². The number of nitrogens with one attached hydrogen (secondary N) is 2. The summed E-state index contributed by atoms with van der Waals surface area (Å²) in [6.07, 6.45) is -0.495. The Labute approximate surface area is 170 Å². The van der Waals surface area contributed by atoms with Gasteiger partial charge >= 0.3 is 6.09 Å². The molecule has 8 heteroatoms. The average molecular weight is 400 g/mol. The van der Waals surface area contributed by atoms with E-state index in [1.165, 1.54) is 0 Å². The highest BCUT2D eigenvalue weighted by atomic mass is 16.6. The summed E-state index contributed by atoms with van der Waals surface area (Å²) in [5, 5.41) is 5.42. The van der Waals surface area contributed by atoms with Gasteiger partial charge in [0, 0.05) is 37.0 Å². The predicted octanol–water partition coefficient (Wildman–Crippen LogP) is 2.90. The van der Waals surface area contributed by atoms with Gasteiger partial charge in [-0.25, -0.2) is 9.78 Å². The van der Waals surface area contributed by atoms with Crippen molar-refractivity contribution < 1.29 is 19.1 Å². The van der Waals surface area contributed by atoms with Crippen LogP contribution in [-0.4, -0.2) is 35.7 Å². The van der Waals surface area contributed by atoms with E-state index in [1.54, 1.807) is 51.1 Å². The van der Waals surface area contributed by atoms with Crippen molar-refractivity contribution in [3.63, 3.8) is 0 Å².